The van der Waals surface area contributed by atoms with Crippen LogP contribution in [0.3, 0.4) is 0 Å². The highest BCUT2D eigenvalue weighted by atomic mass is 16.5. The summed E-state index contributed by atoms with van der Waals surface area (Å²) in [4.78, 5) is 17.1. The number of amides is 1. The molecule has 0 aromatic rings. The van der Waals surface area contributed by atoms with E-state index in [1.807, 2.05) is 0 Å². The molecule has 1 unspecified atom stereocenters. The number of carbonyl (C=O) groups is 1. The van der Waals surface area contributed by atoms with Crippen molar-refractivity contribution >= 4 is 5.91 Å². The Bertz CT molecular complexity index is 495. The van der Waals surface area contributed by atoms with Gasteiger partial charge in [0, 0.05) is 26.3 Å². The number of piperidine rings is 2. The van der Waals surface area contributed by atoms with Crippen molar-refractivity contribution in [2.75, 3.05) is 79.3 Å². The Morgan fingerprint density at radius 3 is 2.30 bits per heavy atom. The van der Waals surface area contributed by atoms with Crippen molar-refractivity contribution in [3.8, 4) is 0 Å². The molecule has 2 fully saturated rings. The van der Waals surface area contributed by atoms with E-state index < -0.39 is 6.23 Å². The first-order valence-electron chi connectivity index (χ1n) is 13.3. The third kappa shape index (κ3) is 13.6. The number of aliphatic hydroxyl groups is 1. The summed E-state index contributed by atoms with van der Waals surface area (Å²) in [6.07, 6.45) is 8.71. The molecule has 2 aliphatic rings. The molecule has 8 nitrogen and oxygen atoms in total. The molecule has 0 aromatic carbocycles. The maximum absolute atomic E-state index is 12.0. The highest BCUT2D eigenvalue weighted by Crippen LogP contribution is 2.20. The second-order valence-electron chi connectivity index (χ2n) is 9.94. The predicted molar refractivity (Wildman–Crippen MR) is 132 cm³/mol. The van der Waals surface area contributed by atoms with Crippen molar-refractivity contribution in [2.24, 2.45) is 11.8 Å². The number of unbranched alkanes of at least 4 members (excludes halogenated alkanes) is 1. The van der Waals surface area contributed by atoms with Crippen LogP contribution in [-0.4, -0.2) is 106 Å². The Labute approximate surface area is 201 Å². The highest BCUT2D eigenvalue weighted by Gasteiger charge is 2.19. The van der Waals surface area contributed by atoms with Crippen LogP contribution in [0.5, 0.6) is 0 Å². The fourth-order valence-electron chi connectivity index (χ4n) is 4.62. The van der Waals surface area contributed by atoms with Gasteiger partial charge in [0.25, 0.3) is 0 Å². The van der Waals surface area contributed by atoms with Gasteiger partial charge in [-0.3, -0.25) is 10.1 Å². The SMILES string of the molecule is CNC(O)COCCCCN1CCC(CCNC(=O)COCCCN2CCC(C)CC2)CC1. The van der Waals surface area contributed by atoms with Crippen LogP contribution < -0.4 is 10.6 Å². The molecule has 2 heterocycles. The molecule has 3 N–H and O–H groups in total. The smallest absolute Gasteiger partial charge is 0.245 e. The minimum absolute atomic E-state index is 0.0173. The second-order valence-corrected chi connectivity index (χ2v) is 9.94. The Morgan fingerprint density at radius 2 is 1.61 bits per heavy atom. The molecule has 0 aromatic heterocycles. The summed E-state index contributed by atoms with van der Waals surface area (Å²) in [6, 6.07) is 0. The quantitative estimate of drug-likeness (QED) is 0.220. The van der Waals surface area contributed by atoms with Gasteiger partial charge in [-0.05, 0) is 103 Å². The van der Waals surface area contributed by atoms with Crippen LogP contribution in [0.1, 0.15) is 58.3 Å². The van der Waals surface area contributed by atoms with Gasteiger partial charge in [-0.15, -0.1) is 0 Å². The van der Waals surface area contributed by atoms with E-state index in [1.54, 1.807) is 7.05 Å². The molecule has 1 atom stereocenters. The van der Waals surface area contributed by atoms with E-state index >= 15 is 0 Å². The van der Waals surface area contributed by atoms with Crippen LogP contribution in [-0.2, 0) is 14.3 Å². The lowest BCUT2D eigenvalue weighted by atomic mass is 9.93. The first-order chi connectivity index (χ1) is 16.1. The number of hydrogen-bond acceptors (Lipinski definition) is 7. The molecule has 2 aliphatic heterocycles. The fraction of sp³-hybridized carbons (Fsp3) is 0.960. The second kappa shape index (κ2) is 17.6. The van der Waals surface area contributed by atoms with E-state index in [4.69, 9.17) is 9.47 Å². The van der Waals surface area contributed by atoms with Gasteiger partial charge in [0.05, 0.1) is 6.61 Å². The summed E-state index contributed by atoms with van der Waals surface area (Å²) in [5.74, 6) is 1.60. The van der Waals surface area contributed by atoms with Crippen molar-refractivity contribution in [1.29, 1.82) is 0 Å². The molecule has 0 saturated carbocycles. The Morgan fingerprint density at radius 1 is 0.970 bits per heavy atom. The minimum Gasteiger partial charge on any atom is -0.377 e. The van der Waals surface area contributed by atoms with E-state index in [0.717, 1.165) is 64.3 Å². The van der Waals surface area contributed by atoms with Crippen molar-refractivity contribution in [2.45, 2.75) is 64.5 Å². The normalized spacial score (nSPS) is 20.2. The summed E-state index contributed by atoms with van der Waals surface area (Å²) in [5.41, 5.74) is 0. The van der Waals surface area contributed by atoms with Crippen LogP contribution in [0.4, 0.5) is 0 Å². The average Bonchev–Trinajstić information content (AvgIpc) is 2.83. The average molecular weight is 471 g/mol. The summed E-state index contributed by atoms with van der Waals surface area (Å²) >= 11 is 0. The monoisotopic (exact) mass is 470 g/mol. The van der Waals surface area contributed by atoms with Crippen molar-refractivity contribution in [3.05, 3.63) is 0 Å². The van der Waals surface area contributed by atoms with Crippen LogP contribution in [0, 0.1) is 11.8 Å². The topological polar surface area (TPSA) is 86.3 Å². The number of carbonyl (C=O) groups excluding carboxylic acids is 1. The zero-order chi connectivity index (χ0) is 23.7. The van der Waals surface area contributed by atoms with Gasteiger partial charge < -0.3 is 29.7 Å². The third-order valence-corrected chi connectivity index (χ3v) is 7.08. The number of nitrogens with zero attached hydrogens (tertiary/aromatic N) is 2. The van der Waals surface area contributed by atoms with Crippen LogP contribution in [0.25, 0.3) is 0 Å². The van der Waals surface area contributed by atoms with Gasteiger partial charge in [0.2, 0.25) is 5.91 Å². The molecule has 0 radical (unpaired) electrons. The Kier molecular flexibility index (Phi) is 15.2. The minimum atomic E-state index is -0.570. The molecule has 2 saturated heterocycles. The number of likely N-dealkylation sites (tertiary alicyclic amines) is 2. The molecule has 8 heteroatoms. The molecule has 194 valence electrons. The summed E-state index contributed by atoms with van der Waals surface area (Å²) in [7, 11) is 1.72. The van der Waals surface area contributed by atoms with E-state index in [0.29, 0.717) is 25.7 Å². The van der Waals surface area contributed by atoms with Gasteiger partial charge in [0.1, 0.15) is 12.8 Å². The van der Waals surface area contributed by atoms with E-state index in [-0.39, 0.29) is 12.5 Å². The Balaban J connectivity index is 1.36. The number of aliphatic hydroxyl groups excluding tert-OH is 1. The molecule has 0 spiro atoms. The molecule has 0 aliphatic carbocycles. The molecular weight excluding hydrogens is 420 g/mol. The van der Waals surface area contributed by atoms with Gasteiger partial charge in [0.15, 0.2) is 0 Å². The van der Waals surface area contributed by atoms with Crippen LogP contribution in [0.2, 0.25) is 0 Å². The highest BCUT2D eigenvalue weighted by molar-refractivity contribution is 5.77. The zero-order valence-electron chi connectivity index (χ0n) is 21.2. The maximum Gasteiger partial charge on any atom is 0.245 e. The number of nitrogens with one attached hydrogen (secondary N) is 2. The van der Waals surface area contributed by atoms with Crippen LogP contribution >= 0.6 is 0 Å². The lowest BCUT2D eigenvalue weighted by Gasteiger charge is -2.32. The van der Waals surface area contributed by atoms with E-state index in [1.165, 1.54) is 38.8 Å². The third-order valence-electron chi connectivity index (χ3n) is 7.08. The summed E-state index contributed by atoms with van der Waals surface area (Å²) in [6.45, 7) is 11.9. The number of rotatable bonds is 17. The molecule has 2 rings (SSSR count). The van der Waals surface area contributed by atoms with Crippen molar-refractivity contribution in [1.82, 2.24) is 20.4 Å². The van der Waals surface area contributed by atoms with Gasteiger partial charge in [-0.1, -0.05) is 6.92 Å². The lowest BCUT2D eigenvalue weighted by Crippen LogP contribution is -2.36. The van der Waals surface area contributed by atoms with Gasteiger partial charge in [-0.25, -0.2) is 0 Å². The van der Waals surface area contributed by atoms with Crippen molar-refractivity contribution < 1.29 is 19.4 Å². The largest absolute Gasteiger partial charge is 0.377 e. The standard InChI is InChI=1S/C25H50N4O4/c1-22-7-14-29(15-8-22)13-5-19-33-21-25(31)27-11-6-23-9-16-28(17-10-23)12-3-4-18-32-20-24(30)26-2/h22-24,26,30H,3-21H2,1-2H3,(H,27,31). The number of likely N-dealkylation sites (N-methyl/N-ethyl adjacent to an activating group) is 1. The zero-order valence-corrected chi connectivity index (χ0v) is 21.2. The number of hydrogen-bond donors (Lipinski definition) is 3. The first-order valence-corrected chi connectivity index (χ1v) is 13.3. The van der Waals surface area contributed by atoms with Gasteiger partial charge >= 0.3 is 0 Å². The van der Waals surface area contributed by atoms with Gasteiger partial charge in [-0.2, -0.15) is 0 Å². The molecular formula is C25H50N4O4. The fourth-order valence-corrected chi connectivity index (χ4v) is 4.62. The first kappa shape index (κ1) is 28.5. The van der Waals surface area contributed by atoms with Crippen molar-refractivity contribution in [3.63, 3.8) is 0 Å². The summed E-state index contributed by atoms with van der Waals surface area (Å²) < 4.78 is 11.0. The molecule has 1 amide bonds. The predicted octanol–water partition coefficient (Wildman–Crippen LogP) is 1.68. The lowest BCUT2D eigenvalue weighted by molar-refractivity contribution is -0.125. The van der Waals surface area contributed by atoms with E-state index in [2.05, 4.69) is 27.4 Å². The molecule has 33 heavy (non-hydrogen) atoms. The summed E-state index contributed by atoms with van der Waals surface area (Å²) in [5, 5.41) is 15.1. The van der Waals surface area contributed by atoms with Crippen LogP contribution in [0.15, 0.2) is 0 Å². The molecule has 0 bridgehead atoms. The van der Waals surface area contributed by atoms with E-state index in [9.17, 15) is 9.90 Å². The Hall–Kier alpha value is -0.770. The maximum atomic E-state index is 12.0. The number of ether oxygens (including phenoxy) is 2.